The number of carbonyl (C=O) groups is 3. The van der Waals surface area contributed by atoms with Gasteiger partial charge in [-0.3, -0.25) is 33.3 Å². The van der Waals surface area contributed by atoms with Crippen LogP contribution in [0.25, 0.3) is 0 Å². The first-order valence-corrected chi connectivity index (χ1v) is 8.96. The summed E-state index contributed by atoms with van der Waals surface area (Å²) in [6, 6.07) is 3.26. The van der Waals surface area contributed by atoms with Crippen molar-refractivity contribution in [1.29, 1.82) is 0 Å². The smallest absolute Gasteiger partial charge is 0.333 e. The number of aromatic hydroxyl groups is 1. The number of hydrogen-bond donors (Lipinski definition) is 1. The zero-order valence-corrected chi connectivity index (χ0v) is 16.6. The number of hydrogen-bond acceptors (Lipinski definition) is 7. The maximum absolute atomic E-state index is 13.1. The number of barbiturate groups is 1. The second kappa shape index (κ2) is 6.31. The number of aromatic nitrogens is 2. The molecule has 0 aliphatic carbocycles. The van der Waals surface area contributed by atoms with Crippen LogP contribution in [-0.4, -0.2) is 56.0 Å². The van der Waals surface area contributed by atoms with Crippen molar-refractivity contribution in [2.75, 3.05) is 14.1 Å². The van der Waals surface area contributed by atoms with Crippen molar-refractivity contribution < 1.29 is 24.2 Å². The first-order valence-electron chi connectivity index (χ1n) is 8.96. The lowest BCUT2D eigenvalue weighted by molar-refractivity contribution is -0.148. The van der Waals surface area contributed by atoms with Gasteiger partial charge in [0.1, 0.15) is 17.4 Å². The number of phenols is 1. The molecule has 0 saturated carbocycles. The Morgan fingerprint density at radius 1 is 0.867 bits per heavy atom. The number of fused-ring (bicyclic) bond motifs is 2. The third-order valence-corrected chi connectivity index (χ3v) is 5.59. The molecule has 11 nitrogen and oxygen atoms in total. The molecule has 1 fully saturated rings. The van der Waals surface area contributed by atoms with Gasteiger partial charge in [0.05, 0.1) is 5.56 Å². The highest BCUT2D eigenvalue weighted by Gasteiger charge is 2.51. The van der Waals surface area contributed by atoms with Gasteiger partial charge >= 0.3 is 11.7 Å². The molecule has 1 aromatic heterocycles. The third-order valence-electron chi connectivity index (χ3n) is 5.59. The largest absolute Gasteiger partial charge is 0.508 e. The Morgan fingerprint density at radius 2 is 1.47 bits per heavy atom. The average Bonchev–Trinajstić information content (AvgIpc) is 2.72. The van der Waals surface area contributed by atoms with E-state index in [4.69, 9.17) is 4.74 Å². The molecule has 156 valence electrons. The van der Waals surface area contributed by atoms with Gasteiger partial charge in [0, 0.05) is 45.7 Å². The van der Waals surface area contributed by atoms with Crippen molar-refractivity contribution in [3.8, 4) is 17.4 Å². The lowest BCUT2D eigenvalue weighted by atomic mass is 9.77. The van der Waals surface area contributed by atoms with E-state index in [2.05, 4.69) is 0 Å². The Morgan fingerprint density at radius 3 is 2.07 bits per heavy atom. The molecule has 0 bridgehead atoms. The van der Waals surface area contributed by atoms with Crippen LogP contribution in [0.2, 0.25) is 0 Å². The van der Waals surface area contributed by atoms with E-state index in [1.54, 1.807) is 0 Å². The Bertz CT molecular complexity index is 1230. The van der Waals surface area contributed by atoms with Crippen LogP contribution >= 0.6 is 0 Å². The summed E-state index contributed by atoms with van der Waals surface area (Å²) in [6.45, 7) is 0. The molecule has 30 heavy (non-hydrogen) atoms. The number of amides is 4. The zero-order valence-electron chi connectivity index (χ0n) is 16.6. The fourth-order valence-corrected chi connectivity index (χ4v) is 3.94. The van der Waals surface area contributed by atoms with E-state index < -0.39 is 40.9 Å². The van der Waals surface area contributed by atoms with Gasteiger partial charge in [-0.2, -0.15) is 0 Å². The van der Waals surface area contributed by atoms with Crippen LogP contribution in [0.15, 0.2) is 27.8 Å². The number of carbonyl (C=O) groups excluding carboxylic acids is 3. The minimum absolute atomic E-state index is 0.0550. The van der Waals surface area contributed by atoms with E-state index >= 15 is 0 Å². The Balaban J connectivity index is 2.07. The number of benzene rings is 1. The topological polar surface area (TPSA) is 131 Å². The molecule has 2 aliphatic heterocycles. The third kappa shape index (κ3) is 2.41. The monoisotopic (exact) mass is 414 g/mol. The molecular weight excluding hydrogens is 396 g/mol. The van der Waals surface area contributed by atoms with E-state index in [1.165, 1.54) is 46.4 Å². The quantitative estimate of drug-likeness (QED) is 0.634. The molecule has 1 atom stereocenters. The van der Waals surface area contributed by atoms with E-state index in [1.807, 2.05) is 0 Å². The number of nitrogens with zero attached hydrogens (tertiary/aromatic N) is 4. The van der Waals surface area contributed by atoms with E-state index in [0.29, 0.717) is 5.56 Å². The van der Waals surface area contributed by atoms with E-state index in [0.717, 1.165) is 18.9 Å². The van der Waals surface area contributed by atoms with Gasteiger partial charge in [-0.15, -0.1) is 0 Å². The second-order valence-electron chi connectivity index (χ2n) is 7.28. The molecule has 0 radical (unpaired) electrons. The summed E-state index contributed by atoms with van der Waals surface area (Å²) < 4.78 is 7.69. The predicted octanol–water partition coefficient (Wildman–Crippen LogP) is -0.306. The van der Waals surface area contributed by atoms with Gasteiger partial charge in [0.15, 0.2) is 0 Å². The SMILES string of the molecule is CN1C(=O)C([C@H]2c3ccc(O)cc3Oc3c2c(=O)n(C)c(=O)n3C)C(=O)N(C)C1=O. The summed E-state index contributed by atoms with van der Waals surface area (Å²) in [5, 5.41) is 9.87. The Hall–Kier alpha value is -3.89. The first kappa shape index (κ1) is 19.4. The van der Waals surface area contributed by atoms with Crippen LogP contribution in [0.4, 0.5) is 4.79 Å². The molecule has 3 heterocycles. The number of phenolic OH excluding ortho intramolecular Hbond substituents is 1. The van der Waals surface area contributed by atoms with E-state index in [-0.39, 0.29) is 22.9 Å². The van der Waals surface area contributed by atoms with Crippen LogP contribution in [0, 0.1) is 5.92 Å². The summed E-state index contributed by atoms with van der Waals surface area (Å²) >= 11 is 0. The minimum atomic E-state index is -1.44. The molecule has 4 amide bonds. The highest BCUT2D eigenvalue weighted by molar-refractivity contribution is 6.16. The number of urea groups is 1. The molecule has 1 N–H and O–H groups in total. The summed E-state index contributed by atoms with van der Waals surface area (Å²) in [4.78, 5) is 65.3. The lowest BCUT2D eigenvalue weighted by Crippen LogP contribution is -2.59. The molecule has 11 heteroatoms. The van der Waals surface area contributed by atoms with Crippen molar-refractivity contribution in [2.24, 2.45) is 20.0 Å². The highest BCUT2D eigenvalue weighted by Crippen LogP contribution is 2.47. The summed E-state index contributed by atoms with van der Waals surface area (Å²) in [5.41, 5.74) is -1.13. The number of imide groups is 2. The molecular formula is C19H18N4O7. The van der Waals surface area contributed by atoms with Gasteiger partial charge < -0.3 is 9.84 Å². The molecule has 4 rings (SSSR count). The van der Waals surface area contributed by atoms with Crippen molar-refractivity contribution >= 4 is 17.8 Å². The summed E-state index contributed by atoms with van der Waals surface area (Å²) in [6.07, 6.45) is 0. The van der Waals surface area contributed by atoms with Crippen LogP contribution in [-0.2, 0) is 23.7 Å². The first-order chi connectivity index (χ1) is 14.1. The van der Waals surface area contributed by atoms with Crippen molar-refractivity contribution in [3.05, 3.63) is 50.2 Å². The van der Waals surface area contributed by atoms with Crippen LogP contribution < -0.4 is 16.0 Å². The van der Waals surface area contributed by atoms with Crippen LogP contribution in [0.3, 0.4) is 0 Å². The number of ether oxygens (including phenoxy) is 1. The normalized spacial score (nSPS) is 18.9. The summed E-state index contributed by atoms with van der Waals surface area (Å²) in [5.74, 6) is -4.31. The van der Waals surface area contributed by atoms with Gasteiger partial charge in [0.2, 0.25) is 17.7 Å². The Labute approximate surface area is 169 Å². The highest BCUT2D eigenvalue weighted by atomic mass is 16.5. The van der Waals surface area contributed by atoms with Crippen molar-refractivity contribution in [3.63, 3.8) is 0 Å². The molecule has 2 aromatic rings. The molecule has 2 aliphatic rings. The van der Waals surface area contributed by atoms with Crippen molar-refractivity contribution in [1.82, 2.24) is 18.9 Å². The summed E-state index contributed by atoms with van der Waals surface area (Å²) in [7, 11) is 5.16. The molecule has 0 spiro atoms. The predicted molar refractivity (Wildman–Crippen MR) is 101 cm³/mol. The zero-order chi connectivity index (χ0) is 22.1. The minimum Gasteiger partial charge on any atom is -0.508 e. The fraction of sp³-hybridized carbons (Fsp3) is 0.316. The van der Waals surface area contributed by atoms with Gasteiger partial charge in [-0.25, -0.2) is 9.59 Å². The fourth-order valence-electron chi connectivity index (χ4n) is 3.94. The number of rotatable bonds is 1. The van der Waals surface area contributed by atoms with Crippen molar-refractivity contribution in [2.45, 2.75) is 5.92 Å². The lowest BCUT2D eigenvalue weighted by Gasteiger charge is -2.38. The average molecular weight is 414 g/mol. The van der Waals surface area contributed by atoms with E-state index in [9.17, 15) is 29.1 Å². The van der Waals surface area contributed by atoms with Gasteiger partial charge in [-0.1, -0.05) is 6.07 Å². The molecule has 1 aromatic carbocycles. The van der Waals surface area contributed by atoms with Crippen LogP contribution in [0.5, 0.6) is 17.4 Å². The molecule has 1 saturated heterocycles. The standard InChI is InChI=1S/C19H18N4O7/c1-20-14(25)12(15(26)21(2)18(20)28)11-9-6-5-8(24)7-10(9)30-17-13(11)16(27)22(3)19(29)23(17)4/h5-7,11-12,24H,1-4H3/t11-/m1/s1. The second-order valence-corrected chi connectivity index (χ2v) is 7.28. The van der Waals surface area contributed by atoms with Gasteiger partial charge in [-0.05, 0) is 6.07 Å². The molecule has 0 unspecified atom stereocenters. The maximum atomic E-state index is 13.1. The van der Waals surface area contributed by atoms with Crippen LogP contribution in [0.1, 0.15) is 17.0 Å². The van der Waals surface area contributed by atoms with Gasteiger partial charge in [0.25, 0.3) is 5.56 Å². The Kier molecular flexibility index (Phi) is 4.08. The maximum Gasteiger partial charge on any atom is 0.333 e.